The van der Waals surface area contributed by atoms with Crippen LogP contribution in [0.3, 0.4) is 0 Å². The summed E-state index contributed by atoms with van der Waals surface area (Å²) in [6, 6.07) is 10.1. The maximum Gasteiger partial charge on any atom is 0.433 e. The zero-order chi connectivity index (χ0) is 19.3. The van der Waals surface area contributed by atoms with E-state index in [1.165, 1.54) is 0 Å². The van der Waals surface area contributed by atoms with Crippen LogP contribution in [0.5, 0.6) is 0 Å². The molecule has 8 heteroatoms. The minimum atomic E-state index is -4.51. The zero-order valence-electron chi connectivity index (χ0n) is 14.9. The molecule has 2 heterocycles. The number of alkyl halides is 3. The minimum Gasteiger partial charge on any atom is -0.381 e. The fourth-order valence-electron chi connectivity index (χ4n) is 3.01. The lowest BCUT2D eigenvalue weighted by atomic mass is 10.0. The second-order valence-electron chi connectivity index (χ2n) is 6.48. The van der Waals surface area contributed by atoms with Crippen LogP contribution in [-0.2, 0) is 15.7 Å². The highest BCUT2D eigenvalue weighted by Crippen LogP contribution is 2.30. The Labute approximate surface area is 155 Å². The van der Waals surface area contributed by atoms with Crippen LogP contribution in [0.4, 0.5) is 19.1 Å². The van der Waals surface area contributed by atoms with E-state index in [4.69, 9.17) is 9.47 Å². The topological polar surface area (TPSA) is 56.3 Å². The zero-order valence-corrected chi connectivity index (χ0v) is 14.9. The quantitative estimate of drug-likeness (QED) is 0.811. The first-order chi connectivity index (χ1) is 12.9. The summed E-state index contributed by atoms with van der Waals surface area (Å²) < 4.78 is 50.3. The predicted octanol–water partition coefficient (Wildman–Crippen LogP) is 4.23. The summed E-state index contributed by atoms with van der Waals surface area (Å²) in [7, 11) is 0. The van der Waals surface area contributed by atoms with Crippen molar-refractivity contribution in [3.05, 3.63) is 53.9 Å². The molecule has 0 saturated carbocycles. The molecule has 0 spiro atoms. The second kappa shape index (κ2) is 8.67. The van der Waals surface area contributed by atoms with E-state index in [2.05, 4.69) is 15.3 Å². The summed E-state index contributed by atoms with van der Waals surface area (Å²) >= 11 is 0. The van der Waals surface area contributed by atoms with Crippen LogP contribution in [0.1, 0.15) is 37.1 Å². The molecule has 0 aliphatic carbocycles. The van der Waals surface area contributed by atoms with Gasteiger partial charge in [0.15, 0.2) is 0 Å². The summed E-state index contributed by atoms with van der Waals surface area (Å²) in [4.78, 5) is 7.50. The normalized spacial score (nSPS) is 18.1. The highest BCUT2D eigenvalue weighted by molar-refractivity contribution is 5.30. The van der Waals surface area contributed by atoms with E-state index < -0.39 is 11.9 Å². The molecule has 1 aromatic carbocycles. The molecule has 0 amide bonds. The van der Waals surface area contributed by atoms with E-state index in [-0.39, 0.29) is 24.2 Å². The molecule has 2 unspecified atom stereocenters. The molecule has 1 aliphatic heterocycles. The third kappa shape index (κ3) is 5.40. The number of hydrogen-bond donors (Lipinski definition) is 1. The predicted molar refractivity (Wildman–Crippen MR) is 94.2 cm³/mol. The number of hydrogen-bond acceptors (Lipinski definition) is 5. The van der Waals surface area contributed by atoms with Crippen molar-refractivity contribution < 1.29 is 22.6 Å². The molecule has 5 nitrogen and oxygen atoms in total. The number of aromatic nitrogens is 2. The van der Waals surface area contributed by atoms with Gasteiger partial charge in [-0.1, -0.05) is 30.3 Å². The van der Waals surface area contributed by atoms with Crippen LogP contribution in [-0.4, -0.2) is 35.3 Å². The van der Waals surface area contributed by atoms with Gasteiger partial charge in [0.25, 0.3) is 0 Å². The largest absolute Gasteiger partial charge is 0.433 e. The molecule has 0 bridgehead atoms. The first-order valence-corrected chi connectivity index (χ1v) is 8.88. The van der Waals surface area contributed by atoms with Crippen molar-refractivity contribution in [3.8, 4) is 0 Å². The van der Waals surface area contributed by atoms with E-state index in [1.807, 2.05) is 37.3 Å². The van der Waals surface area contributed by atoms with Gasteiger partial charge in [-0.2, -0.15) is 13.2 Å². The van der Waals surface area contributed by atoms with Crippen LogP contribution >= 0.6 is 0 Å². The van der Waals surface area contributed by atoms with Gasteiger partial charge in [-0.3, -0.25) is 0 Å². The number of anilines is 1. The van der Waals surface area contributed by atoms with Gasteiger partial charge in [0.05, 0.1) is 12.1 Å². The van der Waals surface area contributed by atoms with Gasteiger partial charge in [0.1, 0.15) is 11.8 Å². The maximum atomic E-state index is 12.9. The summed E-state index contributed by atoms with van der Waals surface area (Å²) in [5.41, 5.74) is -0.0372. The Morgan fingerprint density at radius 2 is 1.85 bits per heavy atom. The van der Waals surface area contributed by atoms with Crippen molar-refractivity contribution in [2.75, 3.05) is 18.5 Å². The Bertz CT molecular complexity index is 722. The molecule has 1 saturated heterocycles. The van der Waals surface area contributed by atoms with Crippen molar-refractivity contribution >= 4 is 5.95 Å². The molecule has 1 aromatic heterocycles. The lowest BCUT2D eigenvalue weighted by Crippen LogP contribution is -2.33. The van der Waals surface area contributed by atoms with Crippen molar-refractivity contribution in [2.45, 2.75) is 44.2 Å². The van der Waals surface area contributed by atoms with Gasteiger partial charge < -0.3 is 14.8 Å². The lowest BCUT2D eigenvalue weighted by Gasteiger charge is -2.32. The van der Waals surface area contributed by atoms with Gasteiger partial charge in [0, 0.05) is 19.4 Å². The fourth-order valence-corrected chi connectivity index (χ4v) is 3.01. The summed E-state index contributed by atoms with van der Waals surface area (Å²) in [5.74, 6) is -0.0752. The molecule has 2 aromatic rings. The SMILES string of the molecule is CC(Nc1nccc(C(F)(F)F)n1)C(OC1CCOCC1)c1ccccc1. The number of nitrogens with one attached hydrogen (secondary N) is 1. The van der Waals surface area contributed by atoms with Gasteiger partial charge in [-0.05, 0) is 31.4 Å². The Balaban J connectivity index is 1.77. The maximum absolute atomic E-state index is 12.9. The van der Waals surface area contributed by atoms with E-state index in [0.717, 1.165) is 30.7 Å². The molecule has 3 rings (SSSR count). The second-order valence-corrected chi connectivity index (χ2v) is 6.48. The van der Waals surface area contributed by atoms with Crippen LogP contribution in [0.2, 0.25) is 0 Å². The molecule has 27 heavy (non-hydrogen) atoms. The van der Waals surface area contributed by atoms with E-state index in [0.29, 0.717) is 13.2 Å². The van der Waals surface area contributed by atoms with Crippen LogP contribution in [0.25, 0.3) is 0 Å². The Morgan fingerprint density at radius 3 is 2.52 bits per heavy atom. The number of rotatable bonds is 6. The third-order valence-electron chi connectivity index (χ3n) is 4.39. The van der Waals surface area contributed by atoms with Gasteiger partial charge in [0.2, 0.25) is 5.95 Å². The smallest absolute Gasteiger partial charge is 0.381 e. The monoisotopic (exact) mass is 381 g/mol. The number of halogens is 3. The first kappa shape index (κ1) is 19.6. The van der Waals surface area contributed by atoms with Gasteiger partial charge >= 0.3 is 6.18 Å². The van der Waals surface area contributed by atoms with Crippen LogP contribution in [0, 0.1) is 0 Å². The minimum absolute atomic E-state index is 0.0376. The average Bonchev–Trinajstić information content (AvgIpc) is 2.67. The lowest BCUT2D eigenvalue weighted by molar-refractivity contribution is -0.141. The van der Waals surface area contributed by atoms with E-state index in [9.17, 15) is 13.2 Å². The van der Waals surface area contributed by atoms with Crippen molar-refractivity contribution in [3.63, 3.8) is 0 Å². The van der Waals surface area contributed by atoms with Crippen molar-refractivity contribution in [1.82, 2.24) is 9.97 Å². The number of nitrogens with zero attached hydrogens (tertiary/aromatic N) is 2. The van der Waals surface area contributed by atoms with Crippen molar-refractivity contribution in [2.24, 2.45) is 0 Å². The summed E-state index contributed by atoms with van der Waals surface area (Å²) in [6.45, 7) is 3.13. The first-order valence-electron chi connectivity index (χ1n) is 8.88. The standard InChI is InChI=1S/C19H22F3N3O2/c1-13(24-18-23-10-7-16(25-18)19(20,21)22)17(14-5-3-2-4-6-14)27-15-8-11-26-12-9-15/h2-7,10,13,15,17H,8-9,11-12H2,1H3,(H,23,24,25). The number of ether oxygens (including phenoxy) is 2. The molecule has 1 aliphatic rings. The molecule has 146 valence electrons. The van der Waals surface area contributed by atoms with E-state index >= 15 is 0 Å². The number of benzene rings is 1. The van der Waals surface area contributed by atoms with Gasteiger partial charge in [-0.25, -0.2) is 9.97 Å². The Morgan fingerprint density at radius 1 is 1.15 bits per heavy atom. The Hall–Kier alpha value is -2.19. The van der Waals surface area contributed by atoms with Crippen LogP contribution in [0.15, 0.2) is 42.6 Å². The van der Waals surface area contributed by atoms with Gasteiger partial charge in [-0.15, -0.1) is 0 Å². The van der Waals surface area contributed by atoms with Crippen LogP contribution < -0.4 is 5.32 Å². The molecule has 0 radical (unpaired) electrons. The highest BCUT2D eigenvalue weighted by atomic mass is 19.4. The van der Waals surface area contributed by atoms with E-state index in [1.54, 1.807) is 0 Å². The fraction of sp³-hybridized carbons (Fsp3) is 0.474. The summed E-state index contributed by atoms with van der Waals surface area (Å²) in [5, 5.41) is 2.96. The Kier molecular flexibility index (Phi) is 6.28. The molecular formula is C19H22F3N3O2. The van der Waals surface area contributed by atoms with Crippen molar-refractivity contribution in [1.29, 1.82) is 0 Å². The third-order valence-corrected chi connectivity index (χ3v) is 4.39. The molecule has 2 atom stereocenters. The summed E-state index contributed by atoms with van der Waals surface area (Å²) in [6.07, 6.45) is -2.16. The molecule has 1 N–H and O–H groups in total. The molecular weight excluding hydrogens is 359 g/mol. The highest BCUT2D eigenvalue weighted by Gasteiger charge is 2.33. The molecule has 1 fully saturated rings. The average molecular weight is 381 g/mol.